The first-order chi connectivity index (χ1) is 8.84. The molecule has 0 aromatic heterocycles. The Labute approximate surface area is 114 Å². The highest BCUT2D eigenvalue weighted by atomic mass is 16.5. The van der Waals surface area contributed by atoms with Crippen LogP contribution in [-0.2, 0) is 4.74 Å². The van der Waals surface area contributed by atoms with Crippen molar-refractivity contribution in [1.82, 2.24) is 5.32 Å². The fourth-order valence-electron chi connectivity index (χ4n) is 2.72. The highest BCUT2D eigenvalue weighted by Crippen LogP contribution is 2.15. The Balaban J connectivity index is 1.80. The van der Waals surface area contributed by atoms with Crippen LogP contribution in [0.1, 0.15) is 78.1 Å². The van der Waals surface area contributed by atoms with Crippen molar-refractivity contribution >= 4 is 0 Å². The van der Waals surface area contributed by atoms with E-state index in [9.17, 15) is 0 Å². The summed E-state index contributed by atoms with van der Waals surface area (Å²) >= 11 is 0. The van der Waals surface area contributed by atoms with Crippen LogP contribution in [0.15, 0.2) is 0 Å². The van der Waals surface area contributed by atoms with E-state index in [4.69, 9.17) is 4.74 Å². The second-order valence-corrected chi connectivity index (χ2v) is 5.77. The molecule has 108 valence electrons. The zero-order valence-corrected chi connectivity index (χ0v) is 12.5. The summed E-state index contributed by atoms with van der Waals surface area (Å²) in [6.07, 6.45) is 14.2. The number of ether oxygens (including phenoxy) is 1. The molecule has 0 radical (unpaired) electrons. The lowest BCUT2D eigenvalue weighted by Crippen LogP contribution is -2.37. The highest BCUT2D eigenvalue weighted by Gasteiger charge is 2.21. The third-order valence-corrected chi connectivity index (χ3v) is 4.02. The van der Waals surface area contributed by atoms with Crippen LogP contribution in [0.4, 0.5) is 0 Å². The molecule has 2 atom stereocenters. The van der Waals surface area contributed by atoms with Crippen molar-refractivity contribution in [2.24, 2.45) is 0 Å². The molecule has 1 fully saturated rings. The van der Waals surface area contributed by atoms with Gasteiger partial charge in [0.1, 0.15) is 0 Å². The minimum atomic E-state index is 0.471. The maximum Gasteiger partial charge on any atom is 0.0726 e. The maximum absolute atomic E-state index is 5.69. The zero-order valence-electron chi connectivity index (χ0n) is 12.5. The Hall–Kier alpha value is -0.0800. The molecule has 1 heterocycles. The summed E-state index contributed by atoms with van der Waals surface area (Å²) in [6, 6.07) is 0.539. The summed E-state index contributed by atoms with van der Waals surface area (Å²) in [6.45, 7) is 6.67. The van der Waals surface area contributed by atoms with E-state index in [0.29, 0.717) is 12.1 Å². The average molecular weight is 255 g/mol. The van der Waals surface area contributed by atoms with Crippen molar-refractivity contribution in [3.8, 4) is 0 Å². The van der Waals surface area contributed by atoms with E-state index in [2.05, 4.69) is 19.2 Å². The third kappa shape index (κ3) is 7.38. The van der Waals surface area contributed by atoms with Crippen LogP contribution >= 0.6 is 0 Å². The maximum atomic E-state index is 5.69. The lowest BCUT2D eigenvalue weighted by atomic mass is 10.1. The van der Waals surface area contributed by atoms with Crippen molar-refractivity contribution in [3.63, 3.8) is 0 Å². The van der Waals surface area contributed by atoms with Crippen LogP contribution in [0.2, 0.25) is 0 Å². The molecule has 2 unspecified atom stereocenters. The fraction of sp³-hybridized carbons (Fsp3) is 1.00. The minimum Gasteiger partial charge on any atom is -0.377 e. The summed E-state index contributed by atoms with van der Waals surface area (Å²) in [5, 5.41) is 3.61. The first kappa shape index (κ1) is 16.0. The van der Waals surface area contributed by atoms with Crippen LogP contribution in [0.3, 0.4) is 0 Å². The lowest BCUT2D eigenvalue weighted by molar-refractivity contribution is 0.0836. The standard InChI is InChI=1S/C16H33NO/c1-3-4-5-6-7-8-9-10-13-17-15(2)16-12-11-14-18-16/h15-17H,3-14H2,1-2H3. The van der Waals surface area contributed by atoms with E-state index >= 15 is 0 Å². The van der Waals surface area contributed by atoms with Crippen molar-refractivity contribution < 1.29 is 4.74 Å². The SMILES string of the molecule is CCCCCCCCCCNC(C)C1CCCO1. The van der Waals surface area contributed by atoms with Gasteiger partial charge in [-0.05, 0) is 32.7 Å². The van der Waals surface area contributed by atoms with E-state index in [1.807, 2.05) is 0 Å². The molecule has 1 aliphatic rings. The molecule has 0 spiro atoms. The monoisotopic (exact) mass is 255 g/mol. The molecule has 1 rings (SSSR count). The molecular formula is C16H33NO. The summed E-state index contributed by atoms with van der Waals surface area (Å²) in [5.41, 5.74) is 0. The van der Waals surface area contributed by atoms with Crippen molar-refractivity contribution in [2.45, 2.75) is 90.2 Å². The Bertz CT molecular complexity index is 178. The van der Waals surface area contributed by atoms with Gasteiger partial charge >= 0.3 is 0 Å². The van der Waals surface area contributed by atoms with Crippen LogP contribution in [0.5, 0.6) is 0 Å². The highest BCUT2D eigenvalue weighted by molar-refractivity contribution is 4.76. The Morgan fingerprint density at radius 1 is 1.06 bits per heavy atom. The third-order valence-electron chi connectivity index (χ3n) is 4.02. The molecule has 0 saturated carbocycles. The molecule has 0 bridgehead atoms. The van der Waals surface area contributed by atoms with Gasteiger partial charge < -0.3 is 10.1 Å². The number of hydrogen-bond donors (Lipinski definition) is 1. The second-order valence-electron chi connectivity index (χ2n) is 5.77. The van der Waals surface area contributed by atoms with Crippen LogP contribution in [-0.4, -0.2) is 25.3 Å². The second kappa shape index (κ2) is 10.8. The molecule has 1 aliphatic heterocycles. The van der Waals surface area contributed by atoms with Gasteiger partial charge in [0.2, 0.25) is 0 Å². The Morgan fingerprint density at radius 3 is 2.33 bits per heavy atom. The largest absolute Gasteiger partial charge is 0.377 e. The smallest absolute Gasteiger partial charge is 0.0726 e. The summed E-state index contributed by atoms with van der Waals surface area (Å²) in [5.74, 6) is 0. The molecule has 0 aromatic carbocycles. The van der Waals surface area contributed by atoms with Gasteiger partial charge in [-0.15, -0.1) is 0 Å². The van der Waals surface area contributed by atoms with Crippen molar-refractivity contribution in [3.05, 3.63) is 0 Å². The average Bonchev–Trinajstić information content (AvgIpc) is 2.90. The summed E-state index contributed by atoms with van der Waals surface area (Å²) in [4.78, 5) is 0. The predicted molar refractivity (Wildman–Crippen MR) is 79.0 cm³/mol. The minimum absolute atomic E-state index is 0.471. The van der Waals surface area contributed by atoms with E-state index in [-0.39, 0.29) is 0 Å². The molecule has 2 nitrogen and oxygen atoms in total. The van der Waals surface area contributed by atoms with Crippen LogP contribution < -0.4 is 5.32 Å². The van der Waals surface area contributed by atoms with Gasteiger partial charge in [-0.3, -0.25) is 0 Å². The van der Waals surface area contributed by atoms with Gasteiger partial charge in [0.25, 0.3) is 0 Å². The Morgan fingerprint density at radius 2 is 1.72 bits per heavy atom. The van der Waals surface area contributed by atoms with Gasteiger partial charge in [0.15, 0.2) is 0 Å². The molecule has 0 amide bonds. The number of rotatable bonds is 11. The molecule has 2 heteroatoms. The molecular weight excluding hydrogens is 222 g/mol. The van der Waals surface area contributed by atoms with E-state index in [1.165, 1.54) is 64.2 Å². The molecule has 0 aromatic rings. The number of unbranched alkanes of at least 4 members (excludes halogenated alkanes) is 7. The summed E-state index contributed by atoms with van der Waals surface area (Å²) < 4.78 is 5.69. The quantitative estimate of drug-likeness (QED) is 0.556. The molecule has 1 N–H and O–H groups in total. The van der Waals surface area contributed by atoms with Gasteiger partial charge in [-0.25, -0.2) is 0 Å². The lowest BCUT2D eigenvalue weighted by Gasteiger charge is -2.19. The van der Waals surface area contributed by atoms with E-state index in [1.54, 1.807) is 0 Å². The van der Waals surface area contributed by atoms with Gasteiger partial charge in [0.05, 0.1) is 6.10 Å². The van der Waals surface area contributed by atoms with Crippen molar-refractivity contribution in [2.75, 3.05) is 13.2 Å². The van der Waals surface area contributed by atoms with Crippen LogP contribution in [0.25, 0.3) is 0 Å². The van der Waals surface area contributed by atoms with Crippen molar-refractivity contribution in [1.29, 1.82) is 0 Å². The first-order valence-corrected chi connectivity index (χ1v) is 8.19. The zero-order chi connectivity index (χ0) is 13.1. The normalized spacial score (nSPS) is 21.3. The molecule has 1 saturated heterocycles. The molecule has 0 aliphatic carbocycles. The topological polar surface area (TPSA) is 21.3 Å². The van der Waals surface area contributed by atoms with Gasteiger partial charge in [0, 0.05) is 12.6 Å². The van der Waals surface area contributed by atoms with Crippen LogP contribution in [0, 0.1) is 0 Å². The molecule has 18 heavy (non-hydrogen) atoms. The van der Waals surface area contributed by atoms with Gasteiger partial charge in [-0.2, -0.15) is 0 Å². The predicted octanol–water partition coefficient (Wildman–Crippen LogP) is 4.28. The Kier molecular flexibility index (Phi) is 9.59. The van der Waals surface area contributed by atoms with E-state index < -0.39 is 0 Å². The van der Waals surface area contributed by atoms with E-state index in [0.717, 1.165) is 13.2 Å². The number of nitrogens with one attached hydrogen (secondary N) is 1. The van der Waals surface area contributed by atoms with Gasteiger partial charge in [-0.1, -0.05) is 51.9 Å². The fourth-order valence-corrected chi connectivity index (χ4v) is 2.72. The number of hydrogen-bond acceptors (Lipinski definition) is 2. The summed E-state index contributed by atoms with van der Waals surface area (Å²) in [7, 11) is 0. The first-order valence-electron chi connectivity index (χ1n) is 8.19.